The van der Waals surface area contributed by atoms with Gasteiger partial charge in [0.05, 0.1) is 14.9 Å². The number of anilines is 1. The molecule has 1 aliphatic heterocycles. The fraction of sp³-hybridized carbons (Fsp3) is 0.273. The standard InChI is InChI=1S/C11H10Br2N2O3/c12-7-2-6(3-8(13)10(7)17)15-4-5(11(14)18)1-9(15)16/h2-3,5,17H,1,4H2,(H2,14,18). The molecule has 1 aromatic carbocycles. The molecule has 0 aliphatic carbocycles. The van der Waals surface area contributed by atoms with Crippen LogP contribution in [0.2, 0.25) is 0 Å². The SMILES string of the molecule is NC(=O)C1CC(=O)N(c2cc(Br)c(O)c(Br)c2)C1. The maximum atomic E-state index is 11.8. The van der Waals surface area contributed by atoms with Gasteiger partial charge in [0.15, 0.2) is 0 Å². The second kappa shape index (κ2) is 4.89. The van der Waals surface area contributed by atoms with Crippen molar-refractivity contribution < 1.29 is 14.7 Å². The number of hydrogen-bond donors (Lipinski definition) is 2. The van der Waals surface area contributed by atoms with Crippen LogP contribution in [0.5, 0.6) is 5.75 Å². The summed E-state index contributed by atoms with van der Waals surface area (Å²) >= 11 is 6.40. The van der Waals surface area contributed by atoms with Gasteiger partial charge in [0.1, 0.15) is 5.75 Å². The van der Waals surface area contributed by atoms with Crippen molar-refractivity contribution in [1.82, 2.24) is 0 Å². The third-order valence-electron chi connectivity index (χ3n) is 2.84. The number of rotatable bonds is 2. The predicted molar refractivity (Wildman–Crippen MR) is 73.2 cm³/mol. The number of phenolic OH excluding ortho intramolecular Hbond substituents is 1. The highest BCUT2D eigenvalue weighted by Gasteiger charge is 2.34. The number of amides is 2. The number of aromatic hydroxyl groups is 1. The van der Waals surface area contributed by atoms with E-state index < -0.39 is 11.8 Å². The van der Waals surface area contributed by atoms with Crippen molar-refractivity contribution in [3.63, 3.8) is 0 Å². The number of phenols is 1. The van der Waals surface area contributed by atoms with Crippen LogP contribution in [0.3, 0.4) is 0 Å². The highest BCUT2D eigenvalue weighted by Crippen LogP contribution is 2.38. The number of halogens is 2. The topological polar surface area (TPSA) is 83.6 Å². The van der Waals surface area contributed by atoms with Crippen LogP contribution in [-0.4, -0.2) is 23.5 Å². The average molecular weight is 378 g/mol. The average Bonchev–Trinajstić information content (AvgIpc) is 2.68. The smallest absolute Gasteiger partial charge is 0.227 e. The van der Waals surface area contributed by atoms with Crippen LogP contribution < -0.4 is 10.6 Å². The number of carbonyl (C=O) groups is 2. The molecule has 0 radical (unpaired) electrons. The van der Waals surface area contributed by atoms with Gasteiger partial charge < -0.3 is 15.7 Å². The van der Waals surface area contributed by atoms with E-state index in [9.17, 15) is 14.7 Å². The van der Waals surface area contributed by atoms with Gasteiger partial charge in [-0.2, -0.15) is 0 Å². The first-order valence-electron chi connectivity index (χ1n) is 5.18. The van der Waals surface area contributed by atoms with E-state index in [1.807, 2.05) is 0 Å². The normalized spacial score (nSPS) is 19.3. The third-order valence-corrected chi connectivity index (χ3v) is 4.05. The lowest BCUT2D eigenvalue weighted by atomic mass is 10.1. The maximum Gasteiger partial charge on any atom is 0.227 e. The van der Waals surface area contributed by atoms with Crippen LogP contribution in [0.4, 0.5) is 5.69 Å². The molecule has 18 heavy (non-hydrogen) atoms. The molecule has 0 aromatic heterocycles. The van der Waals surface area contributed by atoms with E-state index in [-0.39, 0.29) is 24.6 Å². The summed E-state index contributed by atoms with van der Waals surface area (Å²) in [4.78, 5) is 24.4. The first kappa shape index (κ1) is 13.4. The molecule has 1 unspecified atom stereocenters. The lowest BCUT2D eigenvalue weighted by molar-refractivity contribution is -0.123. The number of benzene rings is 1. The number of nitrogens with two attached hydrogens (primary N) is 1. The van der Waals surface area contributed by atoms with Crippen molar-refractivity contribution in [2.24, 2.45) is 11.7 Å². The van der Waals surface area contributed by atoms with E-state index in [1.165, 1.54) is 4.90 Å². The monoisotopic (exact) mass is 376 g/mol. The Morgan fingerprint density at radius 1 is 1.39 bits per heavy atom. The summed E-state index contributed by atoms with van der Waals surface area (Å²) in [6, 6.07) is 3.25. The summed E-state index contributed by atoms with van der Waals surface area (Å²) in [7, 11) is 0. The minimum Gasteiger partial charge on any atom is -0.506 e. The Morgan fingerprint density at radius 3 is 2.39 bits per heavy atom. The molecule has 7 heteroatoms. The number of carbonyl (C=O) groups excluding carboxylic acids is 2. The molecule has 2 rings (SSSR count). The van der Waals surface area contributed by atoms with E-state index in [0.29, 0.717) is 14.6 Å². The van der Waals surface area contributed by atoms with Crippen molar-refractivity contribution in [3.8, 4) is 5.75 Å². The third kappa shape index (κ3) is 2.37. The zero-order chi connectivity index (χ0) is 13.4. The second-order valence-electron chi connectivity index (χ2n) is 4.07. The van der Waals surface area contributed by atoms with Crippen molar-refractivity contribution in [2.75, 3.05) is 11.4 Å². The second-order valence-corrected chi connectivity index (χ2v) is 5.77. The van der Waals surface area contributed by atoms with Crippen molar-refractivity contribution in [3.05, 3.63) is 21.1 Å². The largest absolute Gasteiger partial charge is 0.506 e. The molecule has 5 nitrogen and oxygen atoms in total. The lowest BCUT2D eigenvalue weighted by Gasteiger charge is -2.17. The molecule has 96 valence electrons. The van der Waals surface area contributed by atoms with E-state index in [0.717, 1.165) is 0 Å². The minimum atomic E-state index is -0.470. The molecule has 1 aliphatic rings. The van der Waals surface area contributed by atoms with Gasteiger partial charge >= 0.3 is 0 Å². The summed E-state index contributed by atoms with van der Waals surface area (Å²) in [5.74, 6) is -1.01. The van der Waals surface area contributed by atoms with Gasteiger partial charge in [-0.1, -0.05) is 0 Å². The van der Waals surface area contributed by atoms with E-state index >= 15 is 0 Å². The van der Waals surface area contributed by atoms with Gasteiger partial charge in [0.25, 0.3) is 0 Å². The van der Waals surface area contributed by atoms with Gasteiger partial charge in [-0.15, -0.1) is 0 Å². The number of hydrogen-bond acceptors (Lipinski definition) is 3. The summed E-state index contributed by atoms with van der Waals surface area (Å²) in [5.41, 5.74) is 5.82. The van der Waals surface area contributed by atoms with E-state index in [2.05, 4.69) is 31.9 Å². The zero-order valence-electron chi connectivity index (χ0n) is 9.19. The first-order chi connectivity index (χ1) is 8.40. The molecule has 0 spiro atoms. The van der Waals surface area contributed by atoms with Crippen LogP contribution in [0.1, 0.15) is 6.42 Å². The Balaban J connectivity index is 2.33. The maximum absolute atomic E-state index is 11.8. The molecule has 1 heterocycles. The molecule has 0 saturated carbocycles. The Morgan fingerprint density at radius 2 is 1.94 bits per heavy atom. The van der Waals surface area contributed by atoms with Crippen molar-refractivity contribution in [1.29, 1.82) is 0 Å². The van der Waals surface area contributed by atoms with Crippen molar-refractivity contribution >= 4 is 49.4 Å². The highest BCUT2D eigenvalue weighted by atomic mass is 79.9. The molecular weight excluding hydrogens is 368 g/mol. The summed E-state index contributed by atoms with van der Waals surface area (Å²) < 4.78 is 0.949. The van der Waals surface area contributed by atoms with Crippen LogP contribution in [0.15, 0.2) is 21.1 Å². The van der Waals surface area contributed by atoms with Gasteiger partial charge in [-0.05, 0) is 44.0 Å². The zero-order valence-corrected chi connectivity index (χ0v) is 12.4. The summed E-state index contributed by atoms with van der Waals surface area (Å²) in [5, 5.41) is 9.61. The molecule has 1 fully saturated rings. The number of nitrogens with zero attached hydrogens (tertiary/aromatic N) is 1. The number of primary amides is 1. The van der Waals surface area contributed by atoms with Crippen LogP contribution in [0, 0.1) is 5.92 Å². The van der Waals surface area contributed by atoms with Crippen LogP contribution in [-0.2, 0) is 9.59 Å². The molecule has 2 amide bonds. The molecule has 1 atom stereocenters. The van der Waals surface area contributed by atoms with Crippen LogP contribution in [0.25, 0.3) is 0 Å². The molecule has 3 N–H and O–H groups in total. The van der Waals surface area contributed by atoms with Crippen molar-refractivity contribution in [2.45, 2.75) is 6.42 Å². The fourth-order valence-electron chi connectivity index (χ4n) is 1.86. The molecule has 0 bridgehead atoms. The van der Waals surface area contributed by atoms with E-state index in [4.69, 9.17) is 5.73 Å². The Bertz CT molecular complexity index is 510. The van der Waals surface area contributed by atoms with Crippen LogP contribution >= 0.6 is 31.9 Å². The Kier molecular flexibility index (Phi) is 3.63. The quantitative estimate of drug-likeness (QED) is 0.823. The molecular formula is C11H10Br2N2O3. The van der Waals surface area contributed by atoms with Gasteiger partial charge in [-0.3, -0.25) is 9.59 Å². The highest BCUT2D eigenvalue weighted by molar-refractivity contribution is 9.11. The van der Waals surface area contributed by atoms with Gasteiger partial charge in [-0.25, -0.2) is 0 Å². The molecule has 1 aromatic rings. The van der Waals surface area contributed by atoms with Gasteiger partial charge in [0, 0.05) is 18.7 Å². The Hall–Kier alpha value is -1.08. The lowest BCUT2D eigenvalue weighted by Crippen LogP contribution is -2.28. The van der Waals surface area contributed by atoms with Gasteiger partial charge in [0.2, 0.25) is 11.8 Å². The molecule has 1 saturated heterocycles. The summed E-state index contributed by atoms with van der Waals surface area (Å²) in [6.07, 6.45) is 0.130. The fourth-order valence-corrected chi connectivity index (χ4v) is 3.02. The first-order valence-corrected chi connectivity index (χ1v) is 6.76. The van der Waals surface area contributed by atoms with E-state index in [1.54, 1.807) is 12.1 Å². The minimum absolute atomic E-state index is 0.0665. The summed E-state index contributed by atoms with van der Waals surface area (Å²) in [6.45, 7) is 0.276. The predicted octanol–water partition coefficient (Wildman–Crippen LogP) is 1.76. The Labute approximate surface area is 120 Å².